The molecule has 5 unspecified atom stereocenters. The van der Waals surface area contributed by atoms with Crippen molar-refractivity contribution >= 4 is 0 Å². The predicted molar refractivity (Wildman–Crippen MR) is 117 cm³/mol. The maximum atomic E-state index is 10.3. The smallest absolute Gasteiger partial charge is 0.114 e. The second kappa shape index (κ2) is 7.75. The van der Waals surface area contributed by atoms with Crippen LogP contribution in [0.15, 0.2) is 81.9 Å². The number of rotatable bonds is 2. The van der Waals surface area contributed by atoms with Crippen molar-refractivity contribution in [1.29, 1.82) is 0 Å². The Morgan fingerprint density at radius 2 is 1.73 bits per heavy atom. The number of hydrogen-bond acceptors (Lipinski definition) is 4. The Morgan fingerprint density at radius 3 is 2.53 bits per heavy atom. The van der Waals surface area contributed by atoms with Crippen LogP contribution in [0.4, 0.5) is 0 Å². The third-order valence-corrected chi connectivity index (χ3v) is 7.29. The van der Waals surface area contributed by atoms with Crippen molar-refractivity contribution in [2.45, 2.75) is 57.2 Å². The van der Waals surface area contributed by atoms with Gasteiger partial charge in [-0.3, -0.25) is 0 Å². The second-order valence-electron chi connectivity index (χ2n) is 9.28. The minimum atomic E-state index is -0.660. The summed E-state index contributed by atoms with van der Waals surface area (Å²) in [6.45, 7) is 0. The summed E-state index contributed by atoms with van der Waals surface area (Å²) in [6, 6.07) is 0. The molecule has 5 aliphatic rings. The van der Waals surface area contributed by atoms with Crippen molar-refractivity contribution in [1.82, 2.24) is 0 Å². The Morgan fingerprint density at radius 1 is 0.900 bits per heavy atom. The van der Waals surface area contributed by atoms with Crippen molar-refractivity contribution < 1.29 is 20.4 Å². The molecular formula is C26H30O4. The largest absolute Gasteiger partial charge is 0.512 e. The fourth-order valence-corrected chi connectivity index (χ4v) is 6.27. The zero-order valence-electron chi connectivity index (χ0n) is 17.2. The number of allylic oxidation sites excluding steroid dienone is 9. The Balaban J connectivity index is 1.67. The van der Waals surface area contributed by atoms with Crippen molar-refractivity contribution in [3.8, 4) is 0 Å². The lowest BCUT2D eigenvalue weighted by atomic mass is 9.57. The van der Waals surface area contributed by atoms with E-state index in [1.54, 1.807) is 0 Å². The van der Waals surface area contributed by atoms with Crippen LogP contribution in [-0.4, -0.2) is 32.6 Å². The van der Waals surface area contributed by atoms with E-state index >= 15 is 0 Å². The van der Waals surface area contributed by atoms with Gasteiger partial charge in [-0.1, -0.05) is 36.3 Å². The molecule has 0 aromatic rings. The van der Waals surface area contributed by atoms with E-state index in [2.05, 4.69) is 18.2 Å². The maximum Gasteiger partial charge on any atom is 0.114 e. The van der Waals surface area contributed by atoms with Gasteiger partial charge in [-0.05, 0) is 84.0 Å². The van der Waals surface area contributed by atoms with Gasteiger partial charge in [0, 0.05) is 12.8 Å². The molecule has 0 amide bonds. The molecule has 0 bridgehead atoms. The summed E-state index contributed by atoms with van der Waals surface area (Å²) in [5.74, 6) is 1.26. The molecular weight excluding hydrogens is 376 g/mol. The van der Waals surface area contributed by atoms with Crippen LogP contribution < -0.4 is 0 Å². The first-order chi connectivity index (χ1) is 14.5. The lowest BCUT2D eigenvalue weighted by Gasteiger charge is -2.47. The highest BCUT2D eigenvalue weighted by Crippen LogP contribution is 2.55. The Kier molecular flexibility index (Phi) is 5.08. The van der Waals surface area contributed by atoms with Crippen LogP contribution in [0.5, 0.6) is 0 Å². The molecule has 4 N–H and O–H groups in total. The molecule has 0 spiro atoms. The first-order valence-electron chi connectivity index (χ1n) is 11.2. The molecule has 1 fully saturated rings. The minimum Gasteiger partial charge on any atom is -0.512 e. The SMILES string of the molecule is OC1=CC(O)CC(C2=C3CCCCC3C(C3=CC(O)CC(O)=C3)C3CC=CC=C23)=C1. The van der Waals surface area contributed by atoms with Crippen molar-refractivity contribution in [2.75, 3.05) is 0 Å². The van der Waals surface area contributed by atoms with Gasteiger partial charge in [0.05, 0.1) is 18.0 Å². The van der Waals surface area contributed by atoms with Crippen molar-refractivity contribution in [3.05, 3.63) is 81.9 Å². The fourth-order valence-electron chi connectivity index (χ4n) is 6.27. The summed E-state index contributed by atoms with van der Waals surface area (Å²) in [5, 5.41) is 41.0. The van der Waals surface area contributed by atoms with Gasteiger partial charge in [0.2, 0.25) is 0 Å². The zero-order valence-corrected chi connectivity index (χ0v) is 17.2. The van der Waals surface area contributed by atoms with Gasteiger partial charge in [-0.25, -0.2) is 0 Å². The average molecular weight is 407 g/mol. The van der Waals surface area contributed by atoms with Gasteiger partial charge in [0.1, 0.15) is 5.76 Å². The molecule has 158 valence electrons. The molecule has 5 rings (SSSR count). The Hall–Kier alpha value is -2.30. The monoisotopic (exact) mass is 406 g/mol. The molecule has 4 nitrogen and oxygen atoms in total. The summed E-state index contributed by atoms with van der Waals surface area (Å²) in [7, 11) is 0. The fraction of sp³-hybridized carbons (Fsp3) is 0.462. The van der Waals surface area contributed by atoms with E-state index < -0.39 is 12.2 Å². The maximum absolute atomic E-state index is 10.3. The topological polar surface area (TPSA) is 80.9 Å². The van der Waals surface area contributed by atoms with E-state index in [0.717, 1.165) is 36.8 Å². The Labute approximate surface area is 177 Å². The normalized spacial score (nSPS) is 36.1. The van der Waals surface area contributed by atoms with E-state index in [-0.39, 0.29) is 23.4 Å². The van der Waals surface area contributed by atoms with Gasteiger partial charge >= 0.3 is 0 Å². The van der Waals surface area contributed by atoms with Gasteiger partial charge in [-0.2, -0.15) is 0 Å². The zero-order chi connectivity index (χ0) is 20.8. The summed E-state index contributed by atoms with van der Waals surface area (Å²) in [6.07, 6.45) is 18.5. The van der Waals surface area contributed by atoms with E-state index in [0.29, 0.717) is 18.8 Å². The molecule has 0 aromatic heterocycles. The Bertz CT molecular complexity index is 956. The highest BCUT2D eigenvalue weighted by molar-refractivity contribution is 5.59. The molecule has 5 aliphatic carbocycles. The number of aliphatic hydroxyl groups is 4. The third kappa shape index (κ3) is 3.42. The van der Waals surface area contributed by atoms with Crippen LogP contribution in [0.25, 0.3) is 0 Å². The molecule has 0 heterocycles. The highest BCUT2D eigenvalue weighted by Gasteiger charge is 2.44. The van der Waals surface area contributed by atoms with Gasteiger partial charge in [-0.15, -0.1) is 0 Å². The van der Waals surface area contributed by atoms with Gasteiger partial charge in [0.25, 0.3) is 0 Å². The minimum absolute atomic E-state index is 0.140. The van der Waals surface area contributed by atoms with Crippen LogP contribution in [0.1, 0.15) is 44.9 Å². The van der Waals surface area contributed by atoms with Crippen LogP contribution >= 0.6 is 0 Å². The molecule has 1 saturated carbocycles. The number of hydrogen-bond donors (Lipinski definition) is 4. The molecule has 30 heavy (non-hydrogen) atoms. The van der Waals surface area contributed by atoms with Crippen molar-refractivity contribution in [2.24, 2.45) is 17.8 Å². The average Bonchev–Trinajstić information content (AvgIpc) is 2.70. The van der Waals surface area contributed by atoms with Gasteiger partial charge in [0.15, 0.2) is 0 Å². The second-order valence-corrected chi connectivity index (χ2v) is 9.28. The summed E-state index contributed by atoms with van der Waals surface area (Å²) in [5.41, 5.74) is 6.03. The summed E-state index contributed by atoms with van der Waals surface area (Å²) < 4.78 is 0. The third-order valence-electron chi connectivity index (χ3n) is 7.29. The van der Waals surface area contributed by atoms with Crippen LogP contribution in [-0.2, 0) is 0 Å². The number of aliphatic hydroxyl groups excluding tert-OH is 4. The lowest BCUT2D eigenvalue weighted by Crippen LogP contribution is -2.37. The number of fused-ring (bicyclic) bond motifs is 2. The standard InChI is InChI=1S/C26H30O4/c27-17-9-15(10-18(28)13-17)25-21-5-1-2-6-22(21)26(24-8-4-3-7-23(24)25)16-11-19(29)14-20(30)12-16/h1-2,5,9,11-13,18-19,22,24,26-30H,3-4,6-8,10,14H2. The molecule has 4 heteroatoms. The molecule has 0 radical (unpaired) electrons. The van der Waals surface area contributed by atoms with Crippen LogP contribution in [0.2, 0.25) is 0 Å². The van der Waals surface area contributed by atoms with Gasteiger partial charge < -0.3 is 20.4 Å². The summed E-state index contributed by atoms with van der Waals surface area (Å²) >= 11 is 0. The van der Waals surface area contributed by atoms with E-state index in [1.807, 2.05) is 18.2 Å². The van der Waals surface area contributed by atoms with Crippen LogP contribution in [0, 0.1) is 17.8 Å². The van der Waals surface area contributed by atoms with E-state index in [9.17, 15) is 20.4 Å². The predicted octanol–water partition coefficient (Wildman–Crippen LogP) is 4.87. The molecule has 5 atom stereocenters. The molecule has 0 aliphatic heterocycles. The van der Waals surface area contributed by atoms with Crippen molar-refractivity contribution in [3.63, 3.8) is 0 Å². The van der Waals surface area contributed by atoms with E-state index in [4.69, 9.17) is 0 Å². The quantitative estimate of drug-likeness (QED) is 0.527. The highest BCUT2D eigenvalue weighted by atomic mass is 16.3. The summed E-state index contributed by atoms with van der Waals surface area (Å²) in [4.78, 5) is 0. The first-order valence-corrected chi connectivity index (χ1v) is 11.2. The van der Waals surface area contributed by atoms with E-state index in [1.165, 1.54) is 29.2 Å². The first kappa shape index (κ1) is 19.7. The molecule has 0 saturated heterocycles. The lowest BCUT2D eigenvalue weighted by molar-refractivity contribution is 0.192. The molecule has 0 aromatic carbocycles. The van der Waals surface area contributed by atoms with Crippen LogP contribution in [0.3, 0.4) is 0 Å².